The van der Waals surface area contributed by atoms with Crippen molar-refractivity contribution >= 4 is 49.9 Å². The fourth-order valence-corrected chi connectivity index (χ4v) is 2.03. The Morgan fingerprint density at radius 3 is 2.05 bits per heavy atom. The molecule has 0 aliphatic heterocycles. The summed E-state index contributed by atoms with van der Waals surface area (Å²) in [5, 5.41) is 0. The molecule has 0 amide bonds. The monoisotopic (exact) mass is 366 g/mol. The number of nitrogens with two attached hydrogens (primary N) is 2. The molecule has 0 spiro atoms. The number of aromatic nitrogens is 8. The molecule has 0 saturated carbocycles. The van der Waals surface area contributed by atoms with Gasteiger partial charge >= 0.3 is 6.08 Å². The number of nitrogens with one attached hydrogen (secondary N) is 2. The summed E-state index contributed by atoms with van der Waals surface area (Å²) in [6.45, 7) is 0. The third-order valence-corrected chi connectivity index (χ3v) is 2.91. The second-order valence-electron chi connectivity index (χ2n) is 3.96. The Kier molecular flexibility index (Phi) is 3.50. The highest BCUT2D eigenvalue weighted by molar-refractivity contribution is 9.10. The first-order valence-corrected chi connectivity index (χ1v) is 6.58. The van der Waals surface area contributed by atoms with Crippen molar-refractivity contribution in [3.63, 3.8) is 0 Å². The minimum Gasteiger partial charge on any atom is -0.382 e. The number of hydrogen-bond acceptors (Lipinski definition) is 8. The maximum absolute atomic E-state index is 12.4. The quantitative estimate of drug-likeness (QED) is 0.331. The van der Waals surface area contributed by atoms with Gasteiger partial charge in [-0.2, -0.15) is 14.4 Å². The third-order valence-electron chi connectivity index (χ3n) is 2.56. The summed E-state index contributed by atoms with van der Waals surface area (Å²) in [6, 6.07) is 0. The molecule has 4 heterocycles. The molecule has 112 valence electrons. The minimum absolute atomic E-state index is 0.0498. The number of hydrogen-bond donors (Lipinski definition) is 4. The molecule has 0 aliphatic carbocycles. The van der Waals surface area contributed by atoms with Crippen LogP contribution in [-0.4, -0.2) is 39.9 Å². The average Bonchev–Trinajstić information content (AvgIpc) is 3.07. The third kappa shape index (κ3) is 2.63. The summed E-state index contributed by atoms with van der Waals surface area (Å²) >= 11 is 3.12. The van der Waals surface area contributed by atoms with Crippen molar-refractivity contribution in [3.05, 3.63) is 23.5 Å². The van der Waals surface area contributed by atoms with E-state index >= 15 is 0 Å². The smallest absolute Gasteiger partial charge is 0.312 e. The first-order chi connectivity index (χ1) is 10.5. The second kappa shape index (κ2) is 5.48. The zero-order valence-electron chi connectivity index (χ0n) is 10.7. The minimum atomic E-state index is -0.848. The standard InChI is InChI=1S/C5H4BrN5.C5H4FN5/c2*6-5-10-3(7)2-4(11-5)9-1-8-2/h2*1H,(H3,7,8,9,10,11). The van der Waals surface area contributed by atoms with Gasteiger partial charge in [-0.3, -0.25) is 0 Å². The summed E-state index contributed by atoms with van der Waals surface area (Å²) in [5.41, 5.74) is 12.8. The molecule has 0 unspecified atom stereocenters. The topological polar surface area (TPSA) is 161 Å². The van der Waals surface area contributed by atoms with Gasteiger partial charge in [0.1, 0.15) is 11.0 Å². The number of fused-ring (bicyclic) bond motifs is 2. The molecule has 0 atom stereocenters. The van der Waals surface area contributed by atoms with Crippen molar-refractivity contribution < 1.29 is 4.39 Å². The van der Waals surface area contributed by atoms with Crippen molar-refractivity contribution in [2.45, 2.75) is 0 Å². The van der Waals surface area contributed by atoms with Crippen LogP contribution in [0.4, 0.5) is 16.0 Å². The number of rotatable bonds is 0. The van der Waals surface area contributed by atoms with Gasteiger partial charge in [0.15, 0.2) is 22.9 Å². The van der Waals surface area contributed by atoms with E-state index in [1.54, 1.807) is 0 Å². The highest BCUT2D eigenvalue weighted by Gasteiger charge is 2.05. The molecule has 0 bridgehead atoms. The van der Waals surface area contributed by atoms with E-state index in [1.165, 1.54) is 12.7 Å². The van der Waals surface area contributed by atoms with Gasteiger partial charge in [-0.1, -0.05) is 0 Å². The molecule has 6 N–H and O–H groups in total. The van der Waals surface area contributed by atoms with Gasteiger partial charge in [-0.25, -0.2) is 19.9 Å². The summed E-state index contributed by atoms with van der Waals surface area (Å²) in [6.07, 6.45) is 2.07. The van der Waals surface area contributed by atoms with Crippen LogP contribution in [0.25, 0.3) is 22.3 Å². The maximum Gasteiger partial charge on any atom is 0.312 e. The molecule has 12 heteroatoms. The molecule has 22 heavy (non-hydrogen) atoms. The first-order valence-electron chi connectivity index (χ1n) is 5.79. The van der Waals surface area contributed by atoms with Crippen LogP contribution in [-0.2, 0) is 0 Å². The van der Waals surface area contributed by atoms with Crippen LogP contribution in [0.15, 0.2) is 17.4 Å². The van der Waals surface area contributed by atoms with Gasteiger partial charge in [0.05, 0.1) is 12.7 Å². The Hall–Kier alpha value is -2.89. The highest BCUT2D eigenvalue weighted by Crippen LogP contribution is 2.15. The molecule has 0 saturated heterocycles. The number of nitrogens with zero attached hydrogens (tertiary/aromatic N) is 6. The van der Waals surface area contributed by atoms with Crippen molar-refractivity contribution in [2.75, 3.05) is 11.5 Å². The Morgan fingerprint density at radius 1 is 0.864 bits per heavy atom. The molecular formula is C10H8BrFN10. The fourth-order valence-electron chi connectivity index (χ4n) is 1.66. The van der Waals surface area contributed by atoms with Gasteiger partial charge in [-0.05, 0) is 15.9 Å². The van der Waals surface area contributed by atoms with Gasteiger partial charge < -0.3 is 21.4 Å². The van der Waals surface area contributed by atoms with Gasteiger partial charge in [0.25, 0.3) is 0 Å². The van der Waals surface area contributed by atoms with Crippen LogP contribution in [0.3, 0.4) is 0 Å². The first kappa shape index (κ1) is 14.1. The predicted molar refractivity (Wildman–Crippen MR) is 79.9 cm³/mol. The Balaban J connectivity index is 0.000000131. The average molecular weight is 367 g/mol. The number of H-pyrrole nitrogens is 2. The van der Waals surface area contributed by atoms with E-state index in [0.29, 0.717) is 32.9 Å². The number of halogens is 2. The van der Waals surface area contributed by atoms with Crippen molar-refractivity contribution in [3.8, 4) is 0 Å². The number of nitrogen functional groups attached to an aromatic ring is 2. The van der Waals surface area contributed by atoms with E-state index < -0.39 is 6.08 Å². The number of imidazole rings is 2. The lowest BCUT2D eigenvalue weighted by Gasteiger charge is -1.92. The zero-order chi connectivity index (χ0) is 15.7. The van der Waals surface area contributed by atoms with Crippen molar-refractivity contribution in [1.82, 2.24) is 39.9 Å². The Labute approximate surface area is 129 Å². The lowest BCUT2D eigenvalue weighted by atomic mass is 10.5. The summed E-state index contributed by atoms with van der Waals surface area (Å²) in [4.78, 5) is 27.8. The van der Waals surface area contributed by atoms with Crippen LogP contribution in [0.5, 0.6) is 0 Å². The molecule has 0 fully saturated rings. The second-order valence-corrected chi connectivity index (χ2v) is 4.66. The molecule has 0 aliphatic rings. The van der Waals surface area contributed by atoms with Gasteiger partial charge in [0.2, 0.25) is 4.73 Å². The molecule has 4 aromatic heterocycles. The van der Waals surface area contributed by atoms with Crippen LogP contribution >= 0.6 is 15.9 Å². The lowest BCUT2D eigenvalue weighted by molar-refractivity contribution is 0.546. The predicted octanol–water partition coefficient (Wildman–Crippen LogP) is 0.772. The van der Waals surface area contributed by atoms with Crippen molar-refractivity contribution in [2.24, 2.45) is 0 Å². The van der Waals surface area contributed by atoms with E-state index in [-0.39, 0.29) is 5.82 Å². The van der Waals surface area contributed by atoms with Gasteiger partial charge in [-0.15, -0.1) is 0 Å². The molecule has 10 nitrogen and oxygen atoms in total. The Bertz CT molecular complexity index is 869. The van der Waals surface area contributed by atoms with Crippen molar-refractivity contribution in [1.29, 1.82) is 0 Å². The van der Waals surface area contributed by atoms with Crippen LogP contribution in [0, 0.1) is 6.08 Å². The summed E-state index contributed by atoms with van der Waals surface area (Å²) in [5.74, 6) is 0.428. The largest absolute Gasteiger partial charge is 0.382 e. The molecular weight excluding hydrogens is 359 g/mol. The molecule has 4 aromatic rings. The number of aromatic amines is 2. The van der Waals surface area contributed by atoms with E-state index in [0.717, 1.165) is 0 Å². The molecule has 4 rings (SSSR count). The lowest BCUT2D eigenvalue weighted by Crippen LogP contribution is -1.97. The Morgan fingerprint density at radius 2 is 1.41 bits per heavy atom. The van der Waals surface area contributed by atoms with E-state index in [9.17, 15) is 4.39 Å². The van der Waals surface area contributed by atoms with Gasteiger partial charge in [0, 0.05) is 0 Å². The summed E-state index contributed by atoms with van der Waals surface area (Å²) in [7, 11) is 0. The maximum atomic E-state index is 12.4. The van der Waals surface area contributed by atoms with Crippen LogP contribution in [0.1, 0.15) is 0 Å². The van der Waals surface area contributed by atoms with Crippen LogP contribution < -0.4 is 11.5 Å². The summed E-state index contributed by atoms with van der Waals surface area (Å²) < 4.78 is 12.9. The normalized spacial score (nSPS) is 10.6. The van der Waals surface area contributed by atoms with Crippen LogP contribution in [0.2, 0.25) is 0 Å². The molecule has 0 radical (unpaired) electrons. The van der Waals surface area contributed by atoms with E-state index in [2.05, 4.69) is 55.8 Å². The highest BCUT2D eigenvalue weighted by atomic mass is 79.9. The number of anilines is 2. The van der Waals surface area contributed by atoms with E-state index in [1.807, 2.05) is 0 Å². The fraction of sp³-hybridized carbons (Fsp3) is 0. The SMILES string of the molecule is Nc1nc(Br)nc2[nH]cnc12.Nc1nc(F)nc2[nH]cnc12. The van der Waals surface area contributed by atoms with E-state index in [4.69, 9.17) is 11.5 Å². The molecule has 0 aromatic carbocycles. The zero-order valence-corrected chi connectivity index (χ0v) is 12.3.